The van der Waals surface area contributed by atoms with Crippen LogP contribution in [0.2, 0.25) is 0 Å². The second kappa shape index (κ2) is 5.35. The molecule has 4 nitrogen and oxygen atoms in total. The molecule has 20 heavy (non-hydrogen) atoms. The number of carboxylic acids is 1. The van der Waals surface area contributed by atoms with Crippen LogP contribution in [0.3, 0.4) is 0 Å². The van der Waals surface area contributed by atoms with Crippen molar-refractivity contribution in [3.05, 3.63) is 35.1 Å². The molecule has 0 bridgehead atoms. The molecular weight excluding hydrogens is 295 g/mol. The Balaban J connectivity index is 2.28. The van der Waals surface area contributed by atoms with Crippen molar-refractivity contribution in [2.75, 3.05) is 11.5 Å². The third kappa shape index (κ3) is 2.47. The maximum Gasteiger partial charge on any atom is 0.330 e. The number of benzene rings is 1. The van der Waals surface area contributed by atoms with Crippen LogP contribution in [0.4, 0.5) is 13.2 Å². The summed E-state index contributed by atoms with van der Waals surface area (Å²) in [6.45, 7) is 0. The van der Waals surface area contributed by atoms with Crippen molar-refractivity contribution in [2.45, 2.75) is 12.0 Å². The first-order valence-electron chi connectivity index (χ1n) is 5.64. The maximum atomic E-state index is 13.5. The molecule has 2 N–H and O–H groups in total. The fourth-order valence-corrected chi connectivity index (χ4v) is 3.20. The van der Waals surface area contributed by atoms with Crippen LogP contribution in [0.25, 0.3) is 0 Å². The van der Waals surface area contributed by atoms with Crippen molar-refractivity contribution in [2.24, 2.45) is 0 Å². The molecule has 0 spiro atoms. The molecule has 1 aromatic carbocycles. The van der Waals surface area contributed by atoms with Gasteiger partial charge in [-0.05, 0) is 24.3 Å². The summed E-state index contributed by atoms with van der Waals surface area (Å²) in [5, 5.41) is 11.4. The Morgan fingerprint density at radius 3 is 2.50 bits per heavy atom. The van der Waals surface area contributed by atoms with Crippen LogP contribution >= 0.6 is 11.8 Å². The summed E-state index contributed by atoms with van der Waals surface area (Å²) in [5.41, 5.74) is -2.22. The lowest BCUT2D eigenvalue weighted by atomic mass is 9.98. The SMILES string of the molecule is O=C(NC1(C(=O)O)CCSC1)c1ccc(F)c(F)c1F. The second-order valence-electron chi connectivity index (χ2n) is 4.37. The Hall–Kier alpha value is -1.70. The van der Waals surface area contributed by atoms with Gasteiger partial charge in [0.05, 0.1) is 5.56 Å². The third-order valence-corrected chi connectivity index (χ3v) is 4.25. The number of halogens is 3. The number of amides is 1. The molecule has 1 amide bonds. The van der Waals surface area contributed by atoms with Gasteiger partial charge >= 0.3 is 5.97 Å². The topological polar surface area (TPSA) is 66.4 Å². The van der Waals surface area contributed by atoms with E-state index < -0.39 is 40.4 Å². The Morgan fingerprint density at radius 2 is 1.95 bits per heavy atom. The van der Waals surface area contributed by atoms with E-state index in [4.69, 9.17) is 0 Å². The van der Waals surface area contributed by atoms with Crippen molar-refractivity contribution < 1.29 is 27.9 Å². The first kappa shape index (κ1) is 14.7. The number of aliphatic carboxylic acids is 1. The molecule has 0 aromatic heterocycles. The minimum absolute atomic E-state index is 0.138. The van der Waals surface area contributed by atoms with Gasteiger partial charge < -0.3 is 10.4 Å². The molecule has 2 rings (SSSR count). The minimum atomic E-state index is -1.76. The fraction of sp³-hybridized carbons (Fsp3) is 0.333. The molecule has 0 saturated carbocycles. The number of rotatable bonds is 3. The Labute approximate surface area is 116 Å². The van der Waals surface area contributed by atoms with Gasteiger partial charge in [-0.3, -0.25) is 4.79 Å². The number of carbonyl (C=O) groups is 2. The number of carbonyl (C=O) groups excluding carboxylic acids is 1. The van der Waals surface area contributed by atoms with Crippen LogP contribution in [-0.2, 0) is 4.79 Å². The number of carboxylic acid groups (broad SMARTS) is 1. The molecule has 1 aliphatic rings. The largest absolute Gasteiger partial charge is 0.479 e. The van der Waals surface area contributed by atoms with Crippen LogP contribution in [0.15, 0.2) is 12.1 Å². The highest BCUT2D eigenvalue weighted by Gasteiger charge is 2.43. The van der Waals surface area contributed by atoms with Crippen molar-refractivity contribution in [3.63, 3.8) is 0 Å². The van der Waals surface area contributed by atoms with E-state index in [-0.39, 0.29) is 12.2 Å². The number of thioether (sulfide) groups is 1. The normalized spacial score (nSPS) is 21.8. The Morgan fingerprint density at radius 1 is 1.25 bits per heavy atom. The van der Waals surface area contributed by atoms with Gasteiger partial charge in [0, 0.05) is 5.75 Å². The molecule has 8 heteroatoms. The first-order chi connectivity index (χ1) is 9.37. The van der Waals surface area contributed by atoms with Gasteiger partial charge in [0.25, 0.3) is 5.91 Å². The second-order valence-corrected chi connectivity index (χ2v) is 5.47. The van der Waals surface area contributed by atoms with E-state index in [0.717, 1.165) is 6.07 Å². The predicted molar refractivity (Wildman–Crippen MR) is 66.1 cm³/mol. The van der Waals surface area contributed by atoms with Crippen LogP contribution in [-0.4, -0.2) is 34.0 Å². The van der Waals surface area contributed by atoms with E-state index in [1.165, 1.54) is 11.8 Å². The van der Waals surface area contributed by atoms with Crippen LogP contribution in [0, 0.1) is 17.5 Å². The highest BCUT2D eigenvalue weighted by atomic mass is 32.2. The lowest BCUT2D eigenvalue weighted by Gasteiger charge is -2.24. The molecule has 1 unspecified atom stereocenters. The van der Waals surface area contributed by atoms with Crippen molar-refractivity contribution >= 4 is 23.6 Å². The summed E-state index contributed by atoms with van der Waals surface area (Å²) in [5.74, 6) is -6.45. The first-order valence-corrected chi connectivity index (χ1v) is 6.80. The van der Waals surface area contributed by atoms with Gasteiger partial charge in [-0.2, -0.15) is 11.8 Å². The third-order valence-electron chi connectivity index (χ3n) is 3.06. The zero-order valence-corrected chi connectivity index (χ0v) is 10.9. The van der Waals surface area contributed by atoms with Crippen molar-refractivity contribution in [1.29, 1.82) is 0 Å². The van der Waals surface area contributed by atoms with E-state index in [1.807, 2.05) is 0 Å². The minimum Gasteiger partial charge on any atom is -0.479 e. The molecule has 1 aliphatic heterocycles. The van der Waals surface area contributed by atoms with E-state index in [0.29, 0.717) is 11.8 Å². The molecule has 108 valence electrons. The van der Waals surface area contributed by atoms with Gasteiger partial charge in [-0.1, -0.05) is 0 Å². The van der Waals surface area contributed by atoms with Crippen molar-refractivity contribution in [3.8, 4) is 0 Å². The maximum absolute atomic E-state index is 13.5. The number of hydrogen-bond donors (Lipinski definition) is 2. The highest BCUT2D eigenvalue weighted by Crippen LogP contribution is 2.29. The molecule has 1 atom stereocenters. The van der Waals surface area contributed by atoms with Gasteiger partial charge in [0.2, 0.25) is 0 Å². The molecule has 1 heterocycles. The summed E-state index contributed by atoms with van der Waals surface area (Å²) >= 11 is 1.33. The highest BCUT2D eigenvalue weighted by molar-refractivity contribution is 7.99. The number of nitrogens with one attached hydrogen (secondary N) is 1. The zero-order valence-electron chi connectivity index (χ0n) is 10.1. The van der Waals surface area contributed by atoms with Crippen LogP contribution < -0.4 is 5.32 Å². The lowest BCUT2D eigenvalue weighted by Crippen LogP contribution is -2.54. The summed E-state index contributed by atoms with van der Waals surface area (Å²) in [7, 11) is 0. The summed E-state index contributed by atoms with van der Waals surface area (Å²) in [6.07, 6.45) is 0.185. The monoisotopic (exact) mass is 305 g/mol. The predicted octanol–water partition coefficient (Wildman–Crippen LogP) is 1.79. The zero-order chi connectivity index (χ0) is 14.9. The summed E-state index contributed by atoms with van der Waals surface area (Å²) in [6, 6.07) is 1.39. The Bertz CT molecular complexity index is 573. The van der Waals surface area contributed by atoms with Crippen LogP contribution in [0.5, 0.6) is 0 Å². The van der Waals surface area contributed by atoms with Crippen molar-refractivity contribution in [1.82, 2.24) is 5.32 Å². The average molecular weight is 305 g/mol. The van der Waals surface area contributed by atoms with E-state index >= 15 is 0 Å². The molecule has 1 fully saturated rings. The Kier molecular flexibility index (Phi) is 3.94. The van der Waals surface area contributed by atoms with Gasteiger partial charge in [0.15, 0.2) is 17.5 Å². The molecule has 0 aliphatic carbocycles. The fourth-order valence-electron chi connectivity index (χ4n) is 1.87. The molecular formula is C12H10F3NO3S. The van der Waals surface area contributed by atoms with Gasteiger partial charge in [-0.15, -0.1) is 0 Å². The standard InChI is InChI=1S/C12H10F3NO3S/c13-7-2-1-6(8(14)9(7)15)10(17)16-12(11(18)19)3-4-20-5-12/h1-2H,3-5H2,(H,16,17)(H,18,19). The van der Waals surface area contributed by atoms with Crippen LogP contribution in [0.1, 0.15) is 16.8 Å². The molecule has 1 saturated heterocycles. The van der Waals surface area contributed by atoms with Gasteiger partial charge in [-0.25, -0.2) is 18.0 Å². The van der Waals surface area contributed by atoms with E-state index in [2.05, 4.69) is 5.32 Å². The number of hydrogen-bond acceptors (Lipinski definition) is 3. The van der Waals surface area contributed by atoms with E-state index in [1.54, 1.807) is 0 Å². The average Bonchev–Trinajstić information content (AvgIpc) is 2.86. The summed E-state index contributed by atoms with van der Waals surface area (Å²) < 4.78 is 39.3. The van der Waals surface area contributed by atoms with Gasteiger partial charge in [0.1, 0.15) is 5.54 Å². The summed E-state index contributed by atoms with van der Waals surface area (Å²) in [4.78, 5) is 23.1. The lowest BCUT2D eigenvalue weighted by molar-refractivity contribution is -0.143. The molecule has 0 radical (unpaired) electrons. The quantitative estimate of drug-likeness (QED) is 0.836. The molecule has 1 aromatic rings. The smallest absolute Gasteiger partial charge is 0.330 e. The van der Waals surface area contributed by atoms with E-state index in [9.17, 15) is 27.9 Å².